The molecule has 84 valence electrons. The molecule has 2 rings (SSSR count). The van der Waals surface area contributed by atoms with Crippen LogP contribution in [0.5, 0.6) is 0 Å². The number of aryl methyl sites for hydroxylation is 1. The Hall–Kier alpha value is -1.39. The van der Waals surface area contributed by atoms with E-state index in [0.717, 1.165) is 22.8 Å². The molecule has 0 saturated carbocycles. The fourth-order valence-electron chi connectivity index (χ4n) is 1.44. The first-order chi connectivity index (χ1) is 7.75. The summed E-state index contributed by atoms with van der Waals surface area (Å²) >= 11 is 6.04. The molecule has 0 aliphatic heterocycles. The van der Waals surface area contributed by atoms with Crippen LogP contribution < -0.4 is 5.32 Å². The Morgan fingerprint density at radius 3 is 2.81 bits per heavy atom. The summed E-state index contributed by atoms with van der Waals surface area (Å²) in [7, 11) is 1.85. The van der Waals surface area contributed by atoms with Crippen LogP contribution in [0.15, 0.2) is 30.5 Å². The van der Waals surface area contributed by atoms with Gasteiger partial charge in [-0.25, -0.2) is 0 Å². The number of hydrogen-bond acceptors (Lipinski definition) is 3. The average Bonchev–Trinajstić information content (AvgIpc) is 2.67. The molecule has 0 amide bonds. The monoisotopic (exact) mass is 236 g/mol. The zero-order valence-corrected chi connectivity index (χ0v) is 9.78. The topological polar surface area (TPSA) is 42.7 Å². The van der Waals surface area contributed by atoms with Gasteiger partial charge in [-0.15, -0.1) is 5.10 Å². The summed E-state index contributed by atoms with van der Waals surface area (Å²) in [5, 5.41) is 11.9. The van der Waals surface area contributed by atoms with Gasteiger partial charge in [0.1, 0.15) is 0 Å². The van der Waals surface area contributed by atoms with Crippen molar-refractivity contribution in [3.8, 4) is 0 Å². The summed E-state index contributed by atoms with van der Waals surface area (Å²) in [5.41, 5.74) is 2.02. The predicted molar refractivity (Wildman–Crippen MR) is 63.0 cm³/mol. The van der Waals surface area contributed by atoms with E-state index >= 15 is 0 Å². The summed E-state index contributed by atoms with van der Waals surface area (Å²) in [5.74, 6) is 0. The smallest absolute Gasteiger partial charge is 0.0964 e. The standard InChI is InChI=1S/C11H13ClN4/c1-16-8-10(14-15-16)7-13-6-9-4-2-3-5-11(9)12/h2-5,8,13H,6-7H2,1H3. The van der Waals surface area contributed by atoms with Crippen molar-refractivity contribution in [3.05, 3.63) is 46.7 Å². The lowest BCUT2D eigenvalue weighted by atomic mass is 10.2. The highest BCUT2D eigenvalue weighted by Crippen LogP contribution is 2.14. The Morgan fingerprint density at radius 1 is 1.31 bits per heavy atom. The predicted octanol–water partition coefficient (Wildman–Crippen LogP) is 1.76. The summed E-state index contributed by atoms with van der Waals surface area (Å²) in [6.45, 7) is 1.43. The lowest BCUT2D eigenvalue weighted by Gasteiger charge is -2.04. The SMILES string of the molecule is Cn1cc(CNCc2ccccc2Cl)nn1. The van der Waals surface area contributed by atoms with Crippen LogP contribution in [0.25, 0.3) is 0 Å². The molecule has 0 aliphatic rings. The van der Waals surface area contributed by atoms with Crippen molar-refractivity contribution < 1.29 is 0 Å². The highest BCUT2D eigenvalue weighted by Gasteiger charge is 2.00. The van der Waals surface area contributed by atoms with Gasteiger partial charge in [-0.1, -0.05) is 35.0 Å². The van der Waals surface area contributed by atoms with Gasteiger partial charge in [0.05, 0.1) is 5.69 Å². The Morgan fingerprint density at radius 2 is 2.12 bits per heavy atom. The van der Waals surface area contributed by atoms with E-state index in [9.17, 15) is 0 Å². The van der Waals surface area contributed by atoms with Gasteiger partial charge in [-0.3, -0.25) is 4.68 Å². The van der Waals surface area contributed by atoms with Crippen molar-refractivity contribution in [3.63, 3.8) is 0 Å². The summed E-state index contributed by atoms with van der Waals surface area (Å²) in [6.07, 6.45) is 1.89. The van der Waals surface area contributed by atoms with Gasteiger partial charge < -0.3 is 5.32 Å². The normalized spacial score (nSPS) is 10.6. The van der Waals surface area contributed by atoms with Gasteiger partial charge in [0.15, 0.2) is 0 Å². The lowest BCUT2D eigenvalue weighted by Crippen LogP contribution is -2.13. The molecule has 1 heterocycles. The Bertz CT molecular complexity index is 467. The van der Waals surface area contributed by atoms with Crippen LogP contribution in [0.2, 0.25) is 5.02 Å². The molecule has 1 aromatic heterocycles. The first kappa shape index (κ1) is 11.1. The molecular weight excluding hydrogens is 224 g/mol. The van der Waals surface area contributed by atoms with Crippen LogP contribution in [0.3, 0.4) is 0 Å². The van der Waals surface area contributed by atoms with E-state index in [1.54, 1.807) is 4.68 Å². The maximum Gasteiger partial charge on any atom is 0.0964 e. The third kappa shape index (κ3) is 2.81. The molecule has 0 atom stereocenters. The van der Waals surface area contributed by atoms with E-state index in [1.807, 2.05) is 37.5 Å². The number of halogens is 1. The molecule has 0 aliphatic carbocycles. The number of rotatable bonds is 4. The van der Waals surface area contributed by atoms with Crippen molar-refractivity contribution in [1.29, 1.82) is 0 Å². The summed E-state index contributed by atoms with van der Waals surface area (Å²) in [6, 6.07) is 7.80. The molecule has 0 bridgehead atoms. The van der Waals surface area contributed by atoms with E-state index in [4.69, 9.17) is 11.6 Å². The second-order valence-corrected chi connectivity index (χ2v) is 3.99. The molecule has 2 aromatic rings. The lowest BCUT2D eigenvalue weighted by molar-refractivity contribution is 0.674. The minimum atomic E-state index is 0.694. The van der Waals surface area contributed by atoms with Gasteiger partial charge >= 0.3 is 0 Å². The first-order valence-corrected chi connectivity index (χ1v) is 5.43. The fourth-order valence-corrected chi connectivity index (χ4v) is 1.65. The summed E-state index contributed by atoms with van der Waals surface area (Å²) < 4.78 is 1.69. The zero-order valence-electron chi connectivity index (χ0n) is 9.02. The molecule has 16 heavy (non-hydrogen) atoms. The van der Waals surface area contributed by atoms with E-state index in [2.05, 4.69) is 15.6 Å². The molecule has 0 spiro atoms. The maximum atomic E-state index is 6.04. The molecule has 0 saturated heterocycles. The van der Waals surface area contributed by atoms with Gasteiger partial charge in [0.2, 0.25) is 0 Å². The molecule has 1 N–H and O–H groups in total. The zero-order chi connectivity index (χ0) is 11.4. The molecule has 4 nitrogen and oxygen atoms in total. The Kier molecular flexibility index (Phi) is 3.54. The van der Waals surface area contributed by atoms with Crippen molar-refractivity contribution >= 4 is 11.6 Å². The van der Waals surface area contributed by atoms with Crippen LogP contribution in [0.4, 0.5) is 0 Å². The molecular formula is C11H13ClN4. The Balaban J connectivity index is 1.87. The van der Waals surface area contributed by atoms with E-state index in [0.29, 0.717) is 6.54 Å². The van der Waals surface area contributed by atoms with Gasteiger partial charge in [-0.2, -0.15) is 0 Å². The molecule has 0 fully saturated rings. The van der Waals surface area contributed by atoms with Crippen LogP contribution in [0.1, 0.15) is 11.3 Å². The third-order valence-corrected chi connectivity index (χ3v) is 2.60. The number of benzene rings is 1. The van der Waals surface area contributed by atoms with E-state index in [-0.39, 0.29) is 0 Å². The highest BCUT2D eigenvalue weighted by molar-refractivity contribution is 6.31. The van der Waals surface area contributed by atoms with Gasteiger partial charge in [0.25, 0.3) is 0 Å². The first-order valence-electron chi connectivity index (χ1n) is 5.05. The number of nitrogens with one attached hydrogen (secondary N) is 1. The second kappa shape index (κ2) is 5.09. The van der Waals surface area contributed by atoms with E-state index < -0.39 is 0 Å². The van der Waals surface area contributed by atoms with Crippen LogP contribution in [-0.4, -0.2) is 15.0 Å². The second-order valence-electron chi connectivity index (χ2n) is 3.58. The number of nitrogens with zero attached hydrogens (tertiary/aromatic N) is 3. The Labute approximate surface area is 99.2 Å². The average molecular weight is 237 g/mol. The molecule has 1 aromatic carbocycles. The largest absolute Gasteiger partial charge is 0.307 e. The summed E-state index contributed by atoms with van der Waals surface area (Å²) in [4.78, 5) is 0. The molecule has 5 heteroatoms. The van der Waals surface area contributed by atoms with Crippen LogP contribution in [-0.2, 0) is 20.1 Å². The van der Waals surface area contributed by atoms with Crippen molar-refractivity contribution in [2.75, 3.05) is 0 Å². The highest BCUT2D eigenvalue weighted by atomic mass is 35.5. The van der Waals surface area contributed by atoms with Crippen LogP contribution in [0, 0.1) is 0 Å². The van der Waals surface area contributed by atoms with Crippen molar-refractivity contribution in [1.82, 2.24) is 20.3 Å². The quantitative estimate of drug-likeness (QED) is 0.880. The fraction of sp³-hybridized carbons (Fsp3) is 0.273. The van der Waals surface area contributed by atoms with Crippen molar-refractivity contribution in [2.45, 2.75) is 13.1 Å². The van der Waals surface area contributed by atoms with Crippen LogP contribution >= 0.6 is 11.6 Å². The third-order valence-electron chi connectivity index (χ3n) is 2.23. The van der Waals surface area contributed by atoms with E-state index in [1.165, 1.54) is 0 Å². The molecule has 0 radical (unpaired) electrons. The number of hydrogen-bond donors (Lipinski definition) is 1. The van der Waals surface area contributed by atoms with Gasteiger partial charge in [-0.05, 0) is 11.6 Å². The molecule has 0 unspecified atom stereocenters. The minimum absolute atomic E-state index is 0.694. The van der Waals surface area contributed by atoms with Gasteiger partial charge in [0, 0.05) is 31.4 Å². The van der Waals surface area contributed by atoms with Crippen molar-refractivity contribution in [2.24, 2.45) is 7.05 Å². The number of aromatic nitrogens is 3. The maximum absolute atomic E-state index is 6.04. The minimum Gasteiger partial charge on any atom is -0.307 e.